The first-order chi connectivity index (χ1) is 17.5. The van der Waals surface area contributed by atoms with Crippen molar-refractivity contribution in [1.82, 2.24) is 19.5 Å². The molecule has 0 bridgehead atoms. The van der Waals surface area contributed by atoms with Gasteiger partial charge in [-0.25, -0.2) is 19.7 Å². The Morgan fingerprint density at radius 1 is 1.19 bits per heavy atom. The Morgan fingerprint density at radius 2 is 1.95 bits per heavy atom. The molecule has 1 aliphatic rings. The van der Waals surface area contributed by atoms with Gasteiger partial charge in [0.05, 0.1) is 10.6 Å². The maximum absolute atomic E-state index is 13.3. The number of aryl methyl sites for hydroxylation is 1. The molecule has 5 rings (SSSR count). The summed E-state index contributed by atoms with van der Waals surface area (Å²) < 4.78 is 41.6. The van der Waals surface area contributed by atoms with Crippen molar-refractivity contribution in [2.75, 3.05) is 5.32 Å². The molecule has 2 heterocycles. The van der Waals surface area contributed by atoms with Crippen LogP contribution in [-0.4, -0.2) is 36.6 Å². The second-order valence-electron chi connectivity index (χ2n) is 9.35. The van der Waals surface area contributed by atoms with E-state index in [9.17, 15) is 23.1 Å². The average molecular weight is 530 g/mol. The molecule has 1 atom stereocenters. The van der Waals surface area contributed by atoms with Crippen LogP contribution >= 0.6 is 11.6 Å². The molecular formula is C26H23ClF3N5O2. The Morgan fingerprint density at radius 3 is 2.57 bits per heavy atom. The monoisotopic (exact) mass is 529 g/mol. The largest absolute Gasteiger partial charge is 0.475 e. The summed E-state index contributed by atoms with van der Waals surface area (Å²) in [5, 5.41) is 12.5. The van der Waals surface area contributed by atoms with Crippen LogP contribution in [-0.2, 0) is 12.7 Å². The van der Waals surface area contributed by atoms with Gasteiger partial charge in [-0.3, -0.25) is 0 Å². The van der Waals surface area contributed by atoms with Gasteiger partial charge in [0.1, 0.15) is 11.3 Å². The first-order valence-electron chi connectivity index (χ1n) is 11.7. The number of nitrogens with zero attached hydrogens (tertiary/aromatic N) is 4. The molecule has 0 radical (unpaired) electrons. The lowest BCUT2D eigenvalue weighted by Crippen LogP contribution is -2.20. The van der Waals surface area contributed by atoms with E-state index in [1.807, 2.05) is 38.1 Å². The first-order valence-corrected chi connectivity index (χ1v) is 12.1. The average Bonchev–Trinajstić information content (AvgIpc) is 3.60. The topological polar surface area (TPSA) is 92.9 Å². The second kappa shape index (κ2) is 9.33. The van der Waals surface area contributed by atoms with E-state index in [0.717, 1.165) is 30.0 Å². The molecule has 0 amide bonds. The number of rotatable bonds is 7. The maximum Gasteiger partial charge on any atom is 0.417 e. The van der Waals surface area contributed by atoms with Crippen LogP contribution in [0.5, 0.6) is 0 Å². The summed E-state index contributed by atoms with van der Waals surface area (Å²) in [6.45, 7) is 4.04. The zero-order valence-electron chi connectivity index (χ0n) is 20.0. The Hall–Kier alpha value is -3.66. The lowest BCUT2D eigenvalue weighted by molar-refractivity contribution is -0.137. The fourth-order valence-electron chi connectivity index (χ4n) is 4.39. The van der Waals surface area contributed by atoms with Crippen molar-refractivity contribution >= 4 is 34.6 Å². The molecule has 2 aromatic carbocycles. The van der Waals surface area contributed by atoms with Gasteiger partial charge in [-0.2, -0.15) is 13.2 Å². The third-order valence-electron chi connectivity index (χ3n) is 6.44. The van der Waals surface area contributed by atoms with Gasteiger partial charge >= 0.3 is 12.1 Å². The molecule has 1 saturated carbocycles. The quantitative estimate of drug-likeness (QED) is 0.286. The van der Waals surface area contributed by atoms with E-state index >= 15 is 0 Å². The number of alkyl halides is 3. The van der Waals surface area contributed by atoms with Crippen molar-refractivity contribution in [2.45, 2.75) is 45.5 Å². The fraction of sp³-hybridized carbons (Fsp3) is 0.308. The van der Waals surface area contributed by atoms with Crippen LogP contribution in [0, 0.1) is 12.8 Å². The van der Waals surface area contributed by atoms with Crippen LogP contribution in [0.25, 0.3) is 22.6 Å². The van der Waals surface area contributed by atoms with Crippen molar-refractivity contribution in [3.63, 3.8) is 0 Å². The molecule has 0 aliphatic heterocycles. The number of hydrogen-bond acceptors (Lipinski definition) is 5. The predicted octanol–water partition coefficient (Wildman–Crippen LogP) is 6.43. The van der Waals surface area contributed by atoms with E-state index in [0.29, 0.717) is 28.6 Å². The molecule has 11 heteroatoms. The SMILES string of the molecule is Cc1cccc(-c2nc3nc(C(=O)O)nc(NC(C)C4CC4)c3n2Cc2ccc(C(F)(F)F)c(Cl)c2)c1. The fourth-order valence-corrected chi connectivity index (χ4v) is 4.70. The van der Waals surface area contributed by atoms with Crippen molar-refractivity contribution in [3.8, 4) is 11.4 Å². The molecule has 7 nitrogen and oxygen atoms in total. The van der Waals surface area contributed by atoms with Gasteiger partial charge in [0.25, 0.3) is 0 Å². The van der Waals surface area contributed by atoms with Gasteiger partial charge in [-0.05, 0) is 56.4 Å². The molecule has 0 spiro atoms. The highest BCUT2D eigenvalue weighted by molar-refractivity contribution is 6.31. The van der Waals surface area contributed by atoms with Crippen molar-refractivity contribution < 1.29 is 23.1 Å². The number of carboxylic acid groups (broad SMARTS) is 1. The molecule has 37 heavy (non-hydrogen) atoms. The number of carboxylic acids is 1. The van der Waals surface area contributed by atoms with Crippen LogP contribution in [0.3, 0.4) is 0 Å². The molecule has 2 aromatic heterocycles. The number of benzene rings is 2. The predicted molar refractivity (Wildman–Crippen MR) is 134 cm³/mol. The molecule has 4 aromatic rings. The summed E-state index contributed by atoms with van der Waals surface area (Å²) in [6.07, 6.45) is -2.45. The number of anilines is 1. The smallest absolute Gasteiger partial charge is 0.417 e. The number of aromatic nitrogens is 4. The van der Waals surface area contributed by atoms with E-state index in [4.69, 9.17) is 11.6 Å². The summed E-state index contributed by atoms with van der Waals surface area (Å²) in [7, 11) is 0. The van der Waals surface area contributed by atoms with Crippen LogP contribution < -0.4 is 5.32 Å². The summed E-state index contributed by atoms with van der Waals surface area (Å²) >= 11 is 6.00. The van der Waals surface area contributed by atoms with Gasteiger partial charge < -0.3 is 15.0 Å². The highest BCUT2D eigenvalue weighted by atomic mass is 35.5. The van der Waals surface area contributed by atoms with Gasteiger partial charge in [-0.15, -0.1) is 0 Å². The van der Waals surface area contributed by atoms with Gasteiger partial charge in [-0.1, -0.05) is 41.4 Å². The Kier molecular flexibility index (Phi) is 6.31. The molecule has 0 saturated heterocycles. The minimum atomic E-state index is -4.57. The van der Waals surface area contributed by atoms with E-state index in [1.54, 1.807) is 4.57 Å². The number of carbonyl (C=O) groups is 1. The third kappa shape index (κ3) is 5.11. The zero-order chi connectivity index (χ0) is 26.5. The standard InChI is InChI=1S/C26H23ClF3N5O2/c1-13-4-3-5-17(10-13)24-34-22-20(21(31-14(2)16-7-8-16)32-23(33-22)25(36)37)35(24)12-15-6-9-18(19(27)11-15)26(28,29)30/h3-6,9-11,14,16H,7-8,12H2,1-2H3,(H,36,37)(H,31,32,33). The normalized spacial score (nSPS) is 14.6. The third-order valence-corrected chi connectivity index (χ3v) is 6.76. The van der Waals surface area contributed by atoms with Crippen LogP contribution in [0.1, 0.15) is 47.1 Å². The van der Waals surface area contributed by atoms with Crippen LogP contribution in [0.15, 0.2) is 42.5 Å². The molecular weight excluding hydrogens is 507 g/mol. The van der Waals surface area contributed by atoms with Crippen LogP contribution in [0.2, 0.25) is 5.02 Å². The molecule has 192 valence electrons. The van der Waals surface area contributed by atoms with E-state index in [1.165, 1.54) is 12.1 Å². The van der Waals surface area contributed by atoms with E-state index in [-0.39, 0.29) is 18.2 Å². The lowest BCUT2D eigenvalue weighted by atomic mass is 10.1. The van der Waals surface area contributed by atoms with E-state index in [2.05, 4.69) is 20.3 Å². The molecule has 2 N–H and O–H groups in total. The minimum Gasteiger partial charge on any atom is -0.475 e. The summed E-state index contributed by atoms with van der Waals surface area (Å²) in [6, 6.07) is 11.2. The van der Waals surface area contributed by atoms with Gasteiger partial charge in [0.15, 0.2) is 11.5 Å². The number of nitrogens with one attached hydrogen (secondary N) is 1. The number of imidazole rings is 1. The van der Waals surface area contributed by atoms with E-state index < -0.39 is 28.6 Å². The molecule has 1 unspecified atom stereocenters. The lowest BCUT2D eigenvalue weighted by Gasteiger charge is -2.17. The van der Waals surface area contributed by atoms with Gasteiger partial charge in [0.2, 0.25) is 5.82 Å². The number of fused-ring (bicyclic) bond motifs is 1. The summed E-state index contributed by atoms with van der Waals surface area (Å²) in [4.78, 5) is 24.9. The van der Waals surface area contributed by atoms with Gasteiger partial charge in [0, 0.05) is 18.2 Å². The summed E-state index contributed by atoms with van der Waals surface area (Å²) in [5.41, 5.74) is 1.95. The Labute approximate surface area is 215 Å². The number of aromatic carboxylic acids is 1. The highest BCUT2D eigenvalue weighted by Gasteiger charge is 2.33. The van der Waals surface area contributed by atoms with Crippen molar-refractivity contribution in [2.24, 2.45) is 5.92 Å². The first kappa shape index (κ1) is 25.0. The molecule has 1 aliphatic carbocycles. The maximum atomic E-state index is 13.3. The Balaban J connectivity index is 1.71. The number of halogens is 4. The van der Waals surface area contributed by atoms with Crippen molar-refractivity contribution in [1.29, 1.82) is 0 Å². The van der Waals surface area contributed by atoms with Crippen molar-refractivity contribution in [3.05, 3.63) is 70.0 Å². The highest BCUT2D eigenvalue weighted by Crippen LogP contribution is 2.37. The second-order valence-corrected chi connectivity index (χ2v) is 9.75. The summed E-state index contributed by atoms with van der Waals surface area (Å²) in [5.74, 6) is -0.444. The van der Waals surface area contributed by atoms with Crippen LogP contribution in [0.4, 0.5) is 19.0 Å². The number of hydrogen-bond donors (Lipinski definition) is 2. The zero-order valence-corrected chi connectivity index (χ0v) is 20.7. The molecule has 1 fully saturated rings. The Bertz CT molecular complexity index is 1510. The minimum absolute atomic E-state index is 0.0334.